The van der Waals surface area contributed by atoms with Gasteiger partial charge in [0.2, 0.25) is 4.96 Å². The molecule has 0 unspecified atom stereocenters. The molecule has 0 atom stereocenters. The largest absolute Gasteiger partial charge is 0.496 e. The molecule has 0 saturated heterocycles. The summed E-state index contributed by atoms with van der Waals surface area (Å²) in [5, 5.41) is 4.40. The second-order valence-electron chi connectivity index (χ2n) is 7.02. The van der Waals surface area contributed by atoms with Crippen molar-refractivity contribution >= 4 is 22.4 Å². The fourth-order valence-electron chi connectivity index (χ4n) is 2.85. The molecule has 0 fully saturated rings. The van der Waals surface area contributed by atoms with E-state index in [1.807, 2.05) is 54.6 Å². The molecule has 2 heterocycles. The number of para-hydroxylation sites is 1. The van der Waals surface area contributed by atoms with Gasteiger partial charge in [0.1, 0.15) is 11.5 Å². The summed E-state index contributed by atoms with van der Waals surface area (Å²) in [5.74, 6) is 2.51. The van der Waals surface area contributed by atoms with E-state index in [0.717, 1.165) is 16.9 Å². The Labute approximate surface area is 172 Å². The summed E-state index contributed by atoms with van der Waals surface area (Å²) < 4.78 is 13.0. The Morgan fingerprint density at radius 1 is 1.14 bits per heavy atom. The van der Waals surface area contributed by atoms with Gasteiger partial charge in [0.15, 0.2) is 5.82 Å². The minimum atomic E-state index is -0.188. The molecule has 0 amide bonds. The Kier molecular flexibility index (Phi) is 5.31. The first-order valence-electron chi connectivity index (χ1n) is 9.32. The lowest BCUT2D eigenvalue weighted by Gasteiger charge is -2.08. The summed E-state index contributed by atoms with van der Waals surface area (Å²) in [6.45, 7) is 4.88. The fraction of sp³-hybridized carbons (Fsp3) is 0.227. The van der Waals surface area contributed by atoms with Crippen LogP contribution in [0, 0.1) is 5.92 Å². The second kappa shape index (κ2) is 8.05. The van der Waals surface area contributed by atoms with Gasteiger partial charge in [0, 0.05) is 11.1 Å². The van der Waals surface area contributed by atoms with Crippen LogP contribution in [-0.2, 0) is 0 Å². The van der Waals surface area contributed by atoms with E-state index in [1.54, 1.807) is 7.11 Å². The third-order valence-corrected chi connectivity index (χ3v) is 5.26. The van der Waals surface area contributed by atoms with Crippen molar-refractivity contribution < 1.29 is 9.47 Å². The molecule has 0 aliphatic heterocycles. The van der Waals surface area contributed by atoms with E-state index in [9.17, 15) is 4.79 Å². The maximum Gasteiger partial charge on any atom is 0.291 e. The highest BCUT2D eigenvalue weighted by atomic mass is 32.1. The molecule has 0 saturated carbocycles. The fourth-order valence-corrected chi connectivity index (χ4v) is 3.74. The lowest BCUT2D eigenvalue weighted by Crippen LogP contribution is -2.23. The van der Waals surface area contributed by atoms with Crippen LogP contribution in [0.4, 0.5) is 0 Å². The molecule has 0 spiro atoms. The molecule has 0 radical (unpaired) electrons. The zero-order chi connectivity index (χ0) is 20.4. The molecule has 2 aromatic carbocycles. The van der Waals surface area contributed by atoms with Crippen LogP contribution in [-0.4, -0.2) is 28.3 Å². The van der Waals surface area contributed by atoms with Crippen LogP contribution in [0.15, 0.2) is 53.3 Å². The topological polar surface area (TPSA) is 65.7 Å². The van der Waals surface area contributed by atoms with Crippen LogP contribution < -0.4 is 19.6 Å². The molecular formula is C22H21N3O3S. The standard InChI is InChI=1S/C22H21N3O3S/c1-14(2)13-28-17-10-8-15(9-11-17)20-23-22-25(24-20)21(26)19(29-22)12-16-6-4-5-7-18(16)27-3/h4-12,14H,13H2,1-3H3/b19-12-. The van der Waals surface area contributed by atoms with Gasteiger partial charge in [-0.25, -0.2) is 0 Å². The number of benzene rings is 2. The number of thiazole rings is 1. The third-order valence-electron chi connectivity index (χ3n) is 4.30. The number of methoxy groups -OCH3 is 1. The Hall–Kier alpha value is -3.19. The number of ether oxygens (including phenoxy) is 2. The van der Waals surface area contributed by atoms with Gasteiger partial charge in [0.05, 0.1) is 18.2 Å². The highest BCUT2D eigenvalue weighted by Crippen LogP contribution is 2.21. The molecule has 0 N–H and O–H groups in total. The smallest absolute Gasteiger partial charge is 0.291 e. The Balaban J connectivity index is 1.65. The van der Waals surface area contributed by atoms with Gasteiger partial charge in [-0.05, 0) is 42.3 Å². The summed E-state index contributed by atoms with van der Waals surface area (Å²) in [6.07, 6.45) is 1.81. The predicted octanol–water partition coefficient (Wildman–Crippen LogP) is 3.41. The van der Waals surface area contributed by atoms with Crippen LogP contribution in [0.3, 0.4) is 0 Å². The van der Waals surface area contributed by atoms with Crippen molar-refractivity contribution in [2.24, 2.45) is 5.92 Å². The minimum absolute atomic E-state index is 0.188. The maximum absolute atomic E-state index is 12.8. The number of rotatable bonds is 6. The Morgan fingerprint density at radius 2 is 1.90 bits per heavy atom. The minimum Gasteiger partial charge on any atom is -0.496 e. The Morgan fingerprint density at radius 3 is 2.59 bits per heavy atom. The van der Waals surface area contributed by atoms with Crippen LogP contribution in [0.1, 0.15) is 19.4 Å². The second-order valence-corrected chi connectivity index (χ2v) is 8.03. The van der Waals surface area contributed by atoms with E-state index in [4.69, 9.17) is 9.47 Å². The third kappa shape index (κ3) is 4.00. The average Bonchev–Trinajstić information content (AvgIpc) is 3.27. The van der Waals surface area contributed by atoms with Crippen molar-refractivity contribution in [3.05, 3.63) is 69.0 Å². The van der Waals surface area contributed by atoms with Crippen molar-refractivity contribution in [1.82, 2.24) is 14.6 Å². The molecule has 2 aromatic heterocycles. The van der Waals surface area contributed by atoms with Crippen molar-refractivity contribution in [3.8, 4) is 22.9 Å². The van der Waals surface area contributed by atoms with Gasteiger partial charge in [-0.15, -0.1) is 5.10 Å². The van der Waals surface area contributed by atoms with Crippen LogP contribution >= 0.6 is 11.3 Å². The van der Waals surface area contributed by atoms with Crippen LogP contribution in [0.5, 0.6) is 11.5 Å². The van der Waals surface area contributed by atoms with E-state index >= 15 is 0 Å². The molecule has 6 nitrogen and oxygen atoms in total. The van der Waals surface area contributed by atoms with Gasteiger partial charge in [-0.3, -0.25) is 4.79 Å². The zero-order valence-electron chi connectivity index (χ0n) is 16.5. The zero-order valence-corrected chi connectivity index (χ0v) is 17.3. The number of nitrogens with zero attached hydrogens (tertiary/aromatic N) is 3. The molecule has 0 bridgehead atoms. The van der Waals surface area contributed by atoms with Crippen molar-refractivity contribution in [3.63, 3.8) is 0 Å². The van der Waals surface area contributed by atoms with E-state index in [0.29, 0.717) is 33.6 Å². The van der Waals surface area contributed by atoms with Gasteiger partial charge < -0.3 is 9.47 Å². The Bertz CT molecular complexity index is 1240. The van der Waals surface area contributed by atoms with E-state index in [2.05, 4.69) is 23.9 Å². The molecule has 29 heavy (non-hydrogen) atoms. The summed E-state index contributed by atoms with van der Waals surface area (Å²) in [6, 6.07) is 15.2. The highest BCUT2D eigenvalue weighted by molar-refractivity contribution is 7.15. The first kappa shape index (κ1) is 19.1. The number of hydrogen-bond donors (Lipinski definition) is 0. The SMILES string of the molecule is COc1ccccc1/C=c1\sc2nc(-c3ccc(OCC(C)C)cc3)nn2c1=O. The van der Waals surface area contributed by atoms with Crippen molar-refractivity contribution in [1.29, 1.82) is 0 Å². The monoisotopic (exact) mass is 407 g/mol. The van der Waals surface area contributed by atoms with E-state index in [1.165, 1.54) is 15.9 Å². The molecule has 4 rings (SSSR count). The first-order chi connectivity index (χ1) is 14.0. The average molecular weight is 407 g/mol. The van der Waals surface area contributed by atoms with E-state index < -0.39 is 0 Å². The summed E-state index contributed by atoms with van der Waals surface area (Å²) >= 11 is 1.31. The number of hydrogen-bond acceptors (Lipinski definition) is 6. The van der Waals surface area contributed by atoms with Gasteiger partial charge in [-0.2, -0.15) is 9.50 Å². The lowest BCUT2D eigenvalue weighted by molar-refractivity contribution is 0.271. The molecule has 7 heteroatoms. The van der Waals surface area contributed by atoms with Gasteiger partial charge in [-0.1, -0.05) is 43.4 Å². The molecule has 148 valence electrons. The molecule has 0 aliphatic carbocycles. The summed E-state index contributed by atoms with van der Waals surface area (Å²) in [4.78, 5) is 17.9. The van der Waals surface area contributed by atoms with Gasteiger partial charge in [0.25, 0.3) is 5.56 Å². The molecular weight excluding hydrogens is 386 g/mol. The van der Waals surface area contributed by atoms with Crippen LogP contribution in [0.2, 0.25) is 0 Å². The van der Waals surface area contributed by atoms with Gasteiger partial charge >= 0.3 is 0 Å². The summed E-state index contributed by atoms with van der Waals surface area (Å²) in [5.41, 5.74) is 1.49. The number of fused-ring (bicyclic) bond motifs is 1. The first-order valence-corrected chi connectivity index (χ1v) is 10.1. The highest BCUT2D eigenvalue weighted by Gasteiger charge is 2.12. The van der Waals surface area contributed by atoms with Crippen molar-refractivity contribution in [2.75, 3.05) is 13.7 Å². The van der Waals surface area contributed by atoms with Crippen molar-refractivity contribution in [2.45, 2.75) is 13.8 Å². The lowest BCUT2D eigenvalue weighted by atomic mass is 10.2. The maximum atomic E-state index is 12.8. The quantitative estimate of drug-likeness (QED) is 0.490. The summed E-state index contributed by atoms with van der Waals surface area (Å²) in [7, 11) is 1.61. The van der Waals surface area contributed by atoms with E-state index in [-0.39, 0.29) is 5.56 Å². The normalized spacial score (nSPS) is 12.1. The number of aromatic nitrogens is 3. The molecule has 0 aliphatic rings. The molecule has 4 aromatic rings. The predicted molar refractivity (Wildman–Crippen MR) is 115 cm³/mol. The van der Waals surface area contributed by atoms with Crippen LogP contribution in [0.25, 0.3) is 22.4 Å².